The van der Waals surface area contributed by atoms with Crippen LogP contribution in [0, 0.1) is 11.3 Å². The zero-order valence-corrected chi connectivity index (χ0v) is 14.8. The zero-order chi connectivity index (χ0) is 15.2. The predicted octanol–water partition coefficient (Wildman–Crippen LogP) is 4.50. The van der Waals surface area contributed by atoms with Gasteiger partial charge in [0.25, 0.3) is 0 Å². The van der Waals surface area contributed by atoms with Crippen molar-refractivity contribution >= 4 is 19.9 Å². The van der Waals surface area contributed by atoms with Gasteiger partial charge in [-0.05, 0) is 41.9 Å². The van der Waals surface area contributed by atoms with E-state index < -0.39 is 9.04 Å². The van der Waals surface area contributed by atoms with Crippen molar-refractivity contribution in [3.8, 4) is 0 Å². The highest BCUT2D eigenvalue weighted by Crippen LogP contribution is 2.36. The maximum absolute atomic E-state index is 6.43. The number of aromatic nitrogens is 1. The van der Waals surface area contributed by atoms with E-state index in [1.807, 2.05) is 0 Å². The summed E-state index contributed by atoms with van der Waals surface area (Å²) in [6.07, 6.45) is 3.70. The number of para-hydroxylation sites is 1. The van der Waals surface area contributed by atoms with Crippen LogP contribution in [-0.2, 0) is 17.4 Å². The first kappa shape index (κ1) is 14.9. The van der Waals surface area contributed by atoms with Gasteiger partial charge in [-0.2, -0.15) is 0 Å². The monoisotopic (exact) mass is 300 g/mol. The second-order valence-electron chi connectivity index (χ2n) is 7.60. The molecule has 0 fully saturated rings. The summed E-state index contributed by atoms with van der Waals surface area (Å²) in [6.45, 7) is 12.5. The lowest BCUT2D eigenvalue weighted by Gasteiger charge is -2.40. The Morgan fingerprint density at radius 2 is 2.00 bits per heavy atom. The van der Waals surface area contributed by atoms with Gasteiger partial charge < -0.3 is 8.99 Å². The van der Waals surface area contributed by atoms with Crippen LogP contribution >= 0.6 is 0 Å². The molecule has 1 aliphatic heterocycles. The molecule has 0 saturated carbocycles. The molecule has 0 N–H and O–H groups in total. The average molecular weight is 300 g/mol. The molecule has 0 amide bonds. The Bertz CT molecular complexity index is 638. The summed E-state index contributed by atoms with van der Waals surface area (Å²) in [6, 6.07) is 8.93. The van der Waals surface area contributed by atoms with Crippen LogP contribution in [0.15, 0.2) is 30.5 Å². The first-order valence-corrected chi connectivity index (χ1v) is 10.3. The molecular formula is C18H26NOSi. The van der Waals surface area contributed by atoms with Crippen LogP contribution in [0.5, 0.6) is 0 Å². The third-order valence-electron chi connectivity index (χ3n) is 4.43. The highest BCUT2D eigenvalue weighted by molar-refractivity contribution is 6.48. The van der Waals surface area contributed by atoms with Gasteiger partial charge >= 0.3 is 0 Å². The molecule has 3 rings (SSSR count). The fourth-order valence-electron chi connectivity index (χ4n) is 3.69. The van der Waals surface area contributed by atoms with Gasteiger partial charge in [0.05, 0.1) is 11.6 Å². The van der Waals surface area contributed by atoms with Crippen molar-refractivity contribution < 1.29 is 4.43 Å². The smallest absolute Gasteiger partial charge is 0.205 e. The molecule has 0 saturated heterocycles. The van der Waals surface area contributed by atoms with E-state index in [-0.39, 0.29) is 5.41 Å². The van der Waals surface area contributed by atoms with Gasteiger partial charge in [0, 0.05) is 18.7 Å². The van der Waals surface area contributed by atoms with Gasteiger partial charge in [-0.15, -0.1) is 0 Å². The fourth-order valence-corrected chi connectivity index (χ4v) is 4.75. The minimum absolute atomic E-state index is 0.186. The predicted molar refractivity (Wildman–Crippen MR) is 90.9 cm³/mol. The molecule has 0 bridgehead atoms. The molecule has 1 aromatic heterocycles. The van der Waals surface area contributed by atoms with Crippen molar-refractivity contribution in [2.45, 2.75) is 52.9 Å². The first-order chi connectivity index (χ1) is 9.86. The molecule has 0 aliphatic carbocycles. The zero-order valence-electron chi connectivity index (χ0n) is 13.8. The van der Waals surface area contributed by atoms with E-state index in [1.54, 1.807) is 0 Å². The van der Waals surface area contributed by atoms with Crippen LogP contribution < -0.4 is 0 Å². The highest BCUT2D eigenvalue weighted by Gasteiger charge is 2.36. The van der Waals surface area contributed by atoms with Crippen molar-refractivity contribution in [3.63, 3.8) is 0 Å². The fraction of sp³-hybridized carbons (Fsp3) is 0.556. The number of hydrogen-bond donors (Lipinski definition) is 0. The highest BCUT2D eigenvalue weighted by atomic mass is 28.3. The van der Waals surface area contributed by atoms with Crippen molar-refractivity contribution in [2.24, 2.45) is 11.3 Å². The van der Waals surface area contributed by atoms with Gasteiger partial charge in [-0.3, -0.25) is 0 Å². The molecule has 2 unspecified atom stereocenters. The molecule has 2 aromatic rings. The number of hydrogen-bond acceptors (Lipinski definition) is 1. The van der Waals surface area contributed by atoms with E-state index in [0.29, 0.717) is 12.0 Å². The number of benzene rings is 1. The number of nitrogens with zero attached hydrogens (tertiary/aromatic N) is 1. The SMILES string of the molecule is C[Si](C)OC(C1Cc2cccc3ccn(c23)C1)C(C)(C)C. The van der Waals surface area contributed by atoms with Gasteiger partial charge in [-0.1, -0.05) is 39.0 Å². The normalized spacial score (nSPS) is 20.2. The van der Waals surface area contributed by atoms with Crippen LogP contribution in [0.25, 0.3) is 10.9 Å². The molecule has 113 valence electrons. The Kier molecular flexibility index (Phi) is 3.74. The van der Waals surface area contributed by atoms with Gasteiger partial charge in [-0.25, -0.2) is 0 Å². The van der Waals surface area contributed by atoms with Gasteiger partial charge in [0.1, 0.15) is 0 Å². The van der Waals surface area contributed by atoms with Crippen LogP contribution in [-0.4, -0.2) is 19.7 Å². The van der Waals surface area contributed by atoms with E-state index >= 15 is 0 Å². The summed E-state index contributed by atoms with van der Waals surface area (Å²) < 4.78 is 8.86. The second-order valence-corrected chi connectivity index (χ2v) is 9.65. The van der Waals surface area contributed by atoms with E-state index in [9.17, 15) is 0 Å². The maximum Gasteiger partial charge on any atom is 0.205 e. The van der Waals surface area contributed by atoms with E-state index in [2.05, 4.69) is 68.9 Å². The molecule has 1 aromatic carbocycles. The molecule has 2 heterocycles. The molecular weight excluding hydrogens is 274 g/mol. The average Bonchev–Trinajstić information content (AvgIpc) is 2.80. The standard InChI is InChI=1S/C18H26NOSi/c1-18(2,3)17(20-21(4)5)15-11-14-8-6-7-13-9-10-19(12-15)16(13)14/h6-10,15,17H,11-12H2,1-5H3. The Morgan fingerprint density at radius 1 is 1.24 bits per heavy atom. The van der Waals surface area contributed by atoms with Crippen molar-refractivity contribution in [2.75, 3.05) is 0 Å². The summed E-state index contributed by atoms with van der Waals surface area (Å²) >= 11 is 0. The van der Waals surface area contributed by atoms with Gasteiger partial charge in [0.15, 0.2) is 0 Å². The summed E-state index contributed by atoms with van der Waals surface area (Å²) in [5.41, 5.74) is 3.10. The number of rotatable bonds is 3. The van der Waals surface area contributed by atoms with Crippen molar-refractivity contribution in [1.29, 1.82) is 0 Å². The third-order valence-corrected chi connectivity index (χ3v) is 5.16. The van der Waals surface area contributed by atoms with E-state index in [0.717, 1.165) is 13.0 Å². The molecule has 1 radical (unpaired) electrons. The van der Waals surface area contributed by atoms with Crippen molar-refractivity contribution in [3.05, 3.63) is 36.0 Å². The lowest BCUT2D eigenvalue weighted by molar-refractivity contribution is 0.0247. The van der Waals surface area contributed by atoms with Crippen LogP contribution in [0.2, 0.25) is 13.1 Å². The molecule has 1 aliphatic rings. The van der Waals surface area contributed by atoms with Gasteiger partial charge in [0.2, 0.25) is 9.04 Å². The quantitative estimate of drug-likeness (QED) is 0.761. The third kappa shape index (κ3) is 2.81. The Balaban J connectivity index is 1.94. The summed E-state index contributed by atoms with van der Waals surface area (Å²) in [7, 11) is -0.688. The molecule has 2 atom stereocenters. The molecule has 2 nitrogen and oxygen atoms in total. The van der Waals surface area contributed by atoms with E-state index in [1.165, 1.54) is 16.5 Å². The summed E-state index contributed by atoms with van der Waals surface area (Å²) in [5.74, 6) is 0.565. The lowest BCUT2D eigenvalue weighted by atomic mass is 9.77. The Labute approximate surface area is 129 Å². The Hall–Kier alpha value is -1.06. The van der Waals surface area contributed by atoms with Crippen LogP contribution in [0.4, 0.5) is 0 Å². The topological polar surface area (TPSA) is 14.2 Å². The van der Waals surface area contributed by atoms with Crippen molar-refractivity contribution in [1.82, 2.24) is 4.57 Å². The Morgan fingerprint density at radius 3 is 2.67 bits per heavy atom. The maximum atomic E-state index is 6.43. The summed E-state index contributed by atoms with van der Waals surface area (Å²) in [4.78, 5) is 0. The van der Waals surface area contributed by atoms with E-state index in [4.69, 9.17) is 4.43 Å². The largest absolute Gasteiger partial charge is 0.413 e. The molecule has 0 spiro atoms. The second kappa shape index (κ2) is 5.29. The minimum atomic E-state index is -0.688. The van der Waals surface area contributed by atoms with Crippen LogP contribution in [0.1, 0.15) is 26.3 Å². The minimum Gasteiger partial charge on any atom is -0.413 e. The first-order valence-electron chi connectivity index (χ1n) is 7.90. The molecule has 21 heavy (non-hydrogen) atoms. The lowest BCUT2D eigenvalue weighted by Crippen LogP contribution is -2.43. The summed E-state index contributed by atoms with van der Waals surface area (Å²) in [5, 5.41) is 1.37. The van der Waals surface area contributed by atoms with Crippen LogP contribution in [0.3, 0.4) is 0 Å². The molecule has 3 heteroatoms.